The van der Waals surface area contributed by atoms with Crippen LogP contribution in [0.2, 0.25) is 0 Å². The highest BCUT2D eigenvalue weighted by atomic mass is 32.2. The predicted octanol–water partition coefficient (Wildman–Crippen LogP) is 2.48. The smallest absolute Gasteiger partial charge is 0.150 e. The molecule has 0 saturated heterocycles. The third kappa shape index (κ3) is 4.32. The van der Waals surface area contributed by atoms with Gasteiger partial charge < -0.3 is 5.32 Å². The number of aryl methyl sites for hydroxylation is 1. The molecule has 0 bridgehead atoms. The van der Waals surface area contributed by atoms with Crippen LogP contribution in [0.3, 0.4) is 0 Å². The number of nitrogens with one attached hydrogen (secondary N) is 1. The van der Waals surface area contributed by atoms with Crippen LogP contribution in [0, 0.1) is 6.92 Å². The van der Waals surface area contributed by atoms with E-state index in [1.807, 2.05) is 0 Å². The fourth-order valence-corrected chi connectivity index (χ4v) is 4.20. The Morgan fingerprint density at radius 2 is 2.00 bits per heavy atom. The van der Waals surface area contributed by atoms with E-state index >= 15 is 0 Å². The van der Waals surface area contributed by atoms with E-state index in [2.05, 4.69) is 36.5 Å². The van der Waals surface area contributed by atoms with Gasteiger partial charge in [0, 0.05) is 12.3 Å². The van der Waals surface area contributed by atoms with Crippen LogP contribution in [-0.2, 0) is 16.3 Å². The van der Waals surface area contributed by atoms with Gasteiger partial charge in [0.15, 0.2) is 0 Å². The molecule has 1 saturated carbocycles. The number of hydrogen-bond acceptors (Lipinski definition) is 3. The summed E-state index contributed by atoms with van der Waals surface area (Å²) in [6.07, 6.45) is 6.08. The molecule has 4 heteroatoms. The van der Waals surface area contributed by atoms with Gasteiger partial charge in [0.25, 0.3) is 0 Å². The number of hydrogen-bond donors (Lipinski definition) is 1. The van der Waals surface area contributed by atoms with Gasteiger partial charge in [-0.1, -0.05) is 30.7 Å². The number of benzene rings is 1. The number of rotatable bonds is 5. The third-order valence-corrected chi connectivity index (χ3v) is 5.96. The van der Waals surface area contributed by atoms with E-state index in [-0.39, 0.29) is 5.25 Å². The van der Waals surface area contributed by atoms with Gasteiger partial charge in [-0.05, 0) is 50.3 Å². The van der Waals surface area contributed by atoms with Gasteiger partial charge in [0.1, 0.15) is 9.84 Å². The van der Waals surface area contributed by atoms with E-state index in [4.69, 9.17) is 0 Å². The first-order valence-corrected chi connectivity index (χ1v) is 9.39. The zero-order valence-electron chi connectivity index (χ0n) is 12.4. The van der Waals surface area contributed by atoms with Gasteiger partial charge in [-0.2, -0.15) is 0 Å². The molecule has 2 unspecified atom stereocenters. The molecular formula is C16H25NO2S. The van der Waals surface area contributed by atoms with Crippen molar-refractivity contribution in [3.63, 3.8) is 0 Å². The predicted molar refractivity (Wildman–Crippen MR) is 83.8 cm³/mol. The van der Waals surface area contributed by atoms with Crippen LogP contribution in [0.25, 0.3) is 0 Å². The highest BCUT2D eigenvalue weighted by Gasteiger charge is 2.28. The molecular weight excluding hydrogens is 270 g/mol. The van der Waals surface area contributed by atoms with Gasteiger partial charge in [-0.25, -0.2) is 8.42 Å². The molecule has 0 spiro atoms. The molecule has 0 amide bonds. The van der Waals surface area contributed by atoms with Gasteiger partial charge in [0.05, 0.1) is 5.25 Å². The summed E-state index contributed by atoms with van der Waals surface area (Å²) in [7, 11) is -2.88. The number of sulfone groups is 1. The zero-order chi connectivity index (χ0) is 14.6. The fourth-order valence-electron chi connectivity index (χ4n) is 3.02. The highest BCUT2D eigenvalue weighted by Crippen LogP contribution is 2.23. The lowest BCUT2D eigenvalue weighted by atomic mass is 9.94. The van der Waals surface area contributed by atoms with Crippen molar-refractivity contribution in [2.24, 2.45) is 0 Å². The molecule has 1 fully saturated rings. The SMILES string of the molecule is Cc1ccccc1CCNC1CCCC(S(C)(=O)=O)C1. The average Bonchev–Trinajstić information content (AvgIpc) is 2.40. The van der Waals surface area contributed by atoms with Crippen LogP contribution in [0.1, 0.15) is 36.8 Å². The largest absolute Gasteiger partial charge is 0.314 e. The van der Waals surface area contributed by atoms with Gasteiger partial charge >= 0.3 is 0 Å². The monoisotopic (exact) mass is 295 g/mol. The maximum Gasteiger partial charge on any atom is 0.150 e. The second kappa shape index (κ2) is 6.72. The summed E-state index contributed by atoms with van der Waals surface area (Å²) >= 11 is 0. The molecule has 1 aliphatic carbocycles. The Morgan fingerprint density at radius 1 is 1.25 bits per heavy atom. The van der Waals surface area contributed by atoms with Crippen molar-refractivity contribution in [3.8, 4) is 0 Å². The minimum Gasteiger partial charge on any atom is -0.314 e. The molecule has 112 valence electrons. The highest BCUT2D eigenvalue weighted by molar-refractivity contribution is 7.91. The molecule has 2 atom stereocenters. The molecule has 0 heterocycles. The van der Waals surface area contributed by atoms with Crippen molar-refractivity contribution in [2.75, 3.05) is 12.8 Å². The third-order valence-electron chi connectivity index (χ3n) is 4.32. The van der Waals surface area contributed by atoms with Gasteiger partial charge in [-0.15, -0.1) is 0 Å². The van der Waals surface area contributed by atoms with Gasteiger partial charge in [0.2, 0.25) is 0 Å². The standard InChI is InChI=1S/C16H25NO2S/c1-13-6-3-4-7-14(13)10-11-17-15-8-5-9-16(12-15)20(2,18)19/h3-4,6-7,15-17H,5,8-12H2,1-2H3. The van der Waals surface area contributed by atoms with E-state index < -0.39 is 9.84 Å². The first kappa shape index (κ1) is 15.5. The molecule has 20 heavy (non-hydrogen) atoms. The van der Waals surface area contributed by atoms with Crippen molar-refractivity contribution in [3.05, 3.63) is 35.4 Å². The van der Waals surface area contributed by atoms with Crippen LogP contribution in [0.5, 0.6) is 0 Å². The summed E-state index contributed by atoms with van der Waals surface area (Å²) in [4.78, 5) is 0. The molecule has 2 rings (SSSR count). The van der Waals surface area contributed by atoms with Crippen LogP contribution >= 0.6 is 0 Å². The van der Waals surface area contributed by atoms with E-state index in [1.165, 1.54) is 17.4 Å². The average molecular weight is 295 g/mol. The molecule has 0 aromatic heterocycles. The molecule has 0 radical (unpaired) electrons. The van der Waals surface area contributed by atoms with Crippen molar-refractivity contribution in [1.29, 1.82) is 0 Å². The molecule has 3 nitrogen and oxygen atoms in total. The van der Waals surface area contributed by atoms with E-state index in [9.17, 15) is 8.42 Å². The summed E-state index contributed by atoms with van der Waals surface area (Å²) in [5.74, 6) is 0. The molecule has 1 aliphatic rings. The second-order valence-electron chi connectivity index (χ2n) is 5.95. The Hall–Kier alpha value is -0.870. The molecule has 0 aliphatic heterocycles. The summed E-state index contributed by atoms with van der Waals surface area (Å²) < 4.78 is 23.3. The first-order valence-electron chi connectivity index (χ1n) is 7.43. The van der Waals surface area contributed by atoms with E-state index in [0.717, 1.165) is 38.6 Å². The van der Waals surface area contributed by atoms with E-state index in [0.29, 0.717) is 6.04 Å². The summed E-state index contributed by atoms with van der Waals surface area (Å²) in [5, 5.41) is 3.39. The lowest BCUT2D eigenvalue weighted by Gasteiger charge is -2.28. The van der Waals surface area contributed by atoms with Crippen LogP contribution in [0.4, 0.5) is 0 Å². The maximum absolute atomic E-state index is 11.6. The van der Waals surface area contributed by atoms with Crippen molar-refractivity contribution in [1.82, 2.24) is 5.32 Å². The van der Waals surface area contributed by atoms with E-state index in [1.54, 1.807) is 0 Å². The second-order valence-corrected chi connectivity index (χ2v) is 8.27. The lowest BCUT2D eigenvalue weighted by Crippen LogP contribution is -2.39. The Balaban J connectivity index is 1.81. The van der Waals surface area contributed by atoms with Crippen molar-refractivity contribution < 1.29 is 8.42 Å². The molecule has 1 aromatic carbocycles. The Bertz CT molecular complexity index is 539. The van der Waals surface area contributed by atoms with Gasteiger partial charge in [-0.3, -0.25) is 0 Å². The summed E-state index contributed by atoms with van der Waals surface area (Å²) in [6, 6.07) is 8.78. The first-order chi connectivity index (χ1) is 9.47. The normalized spacial score (nSPS) is 23.7. The Kier molecular flexibility index (Phi) is 5.22. The molecule has 1 aromatic rings. The van der Waals surface area contributed by atoms with Crippen molar-refractivity contribution >= 4 is 9.84 Å². The fraction of sp³-hybridized carbons (Fsp3) is 0.625. The minimum atomic E-state index is -2.88. The van der Waals surface area contributed by atoms with Crippen LogP contribution in [0.15, 0.2) is 24.3 Å². The zero-order valence-corrected chi connectivity index (χ0v) is 13.2. The van der Waals surface area contributed by atoms with Crippen LogP contribution in [-0.4, -0.2) is 32.5 Å². The Labute approximate surface area is 122 Å². The van der Waals surface area contributed by atoms with Crippen molar-refractivity contribution in [2.45, 2.75) is 50.3 Å². The summed E-state index contributed by atoms with van der Waals surface area (Å²) in [5.41, 5.74) is 2.70. The molecule has 1 N–H and O–H groups in total. The Morgan fingerprint density at radius 3 is 2.70 bits per heavy atom. The topological polar surface area (TPSA) is 46.2 Å². The quantitative estimate of drug-likeness (QED) is 0.908. The minimum absolute atomic E-state index is 0.146. The summed E-state index contributed by atoms with van der Waals surface area (Å²) in [6.45, 7) is 3.06. The van der Waals surface area contributed by atoms with Crippen LogP contribution < -0.4 is 5.32 Å². The maximum atomic E-state index is 11.6. The lowest BCUT2D eigenvalue weighted by molar-refractivity contribution is 0.374.